The van der Waals surface area contributed by atoms with Crippen molar-refractivity contribution in [1.82, 2.24) is 5.32 Å². The minimum atomic E-state index is -0.122. The van der Waals surface area contributed by atoms with Gasteiger partial charge in [-0.3, -0.25) is 4.79 Å². The lowest BCUT2D eigenvalue weighted by Gasteiger charge is -2.39. The van der Waals surface area contributed by atoms with Crippen LogP contribution in [0.4, 0.5) is 0 Å². The van der Waals surface area contributed by atoms with Crippen molar-refractivity contribution in [3.63, 3.8) is 0 Å². The van der Waals surface area contributed by atoms with E-state index >= 15 is 0 Å². The summed E-state index contributed by atoms with van der Waals surface area (Å²) in [6, 6.07) is 3.36. The van der Waals surface area contributed by atoms with E-state index in [9.17, 15) is 15.0 Å². The molecule has 0 bridgehead atoms. The van der Waals surface area contributed by atoms with Gasteiger partial charge in [-0.25, -0.2) is 0 Å². The number of piperidine rings is 1. The van der Waals surface area contributed by atoms with Crippen molar-refractivity contribution in [2.24, 2.45) is 11.8 Å². The molecule has 1 aromatic carbocycles. The number of allylic oxidation sites excluding steroid dienone is 1. The number of carbonyl (C=O) groups is 1. The van der Waals surface area contributed by atoms with Crippen LogP contribution in [0.1, 0.15) is 18.4 Å². The van der Waals surface area contributed by atoms with Gasteiger partial charge in [0, 0.05) is 16.9 Å². The Balaban J connectivity index is 1.82. The van der Waals surface area contributed by atoms with Gasteiger partial charge in [-0.05, 0) is 55.0 Å². The molecule has 0 amide bonds. The van der Waals surface area contributed by atoms with Crippen molar-refractivity contribution in [2.75, 3.05) is 6.54 Å². The first kappa shape index (κ1) is 14.6. The molecular formula is C16H18BrNO3. The van der Waals surface area contributed by atoms with Gasteiger partial charge in [-0.1, -0.05) is 22.0 Å². The highest BCUT2D eigenvalue weighted by Gasteiger charge is 2.34. The highest BCUT2D eigenvalue weighted by molar-refractivity contribution is 9.10. The predicted molar refractivity (Wildman–Crippen MR) is 83.3 cm³/mol. The molecule has 3 atom stereocenters. The number of halogens is 1. The van der Waals surface area contributed by atoms with Gasteiger partial charge in [-0.2, -0.15) is 0 Å². The Bertz CT molecular complexity index is 599. The van der Waals surface area contributed by atoms with E-state index in [1.165, 1.54) is 6.07 Å². The summed E-state index contributed by atoms with van der Waals surface area (Å²) >= 11 is 3.43. The lowest BCUT2D eigenvalue weighted by Crippen LogP contribution is -2.48. The van der Waals surface area contributed by atoms with E-state index in [1.54, 1.807) is 12.1 Å². The number of rotatable bonds is 2. The van der Waals surface area contributed by atoms with Gasteiger partial charge in [0.2, 0.25) is 0 Å². The Morgan fingerprint density at radius 2 is 2.05 bits per heavy atom. The fourth-order valence-electron chi connectivity index (χ4n) is 3.38. The zero-order valence-corrected chi connectivity index (χ0v) is 13.1. The van der Waals surface area contributed by atoms with E-state index in [2.05, 4.69) is 21.2 Å². The van der Waals surface area contributed by atoms with E-state index in [0.29, 0.717) is 18.3 Å². The van der Waals surface area contributed by atoms with Crippen LogP contribution in [0, 0.1) is 11.8 Å². The zero-order valence-electron chi connectivity index (χ0n) is 11.6. The van der Waals surface area contributed by atoms with Crippen molar-refractivity contribution in [1.29, 1.82) is 0 Å². The van der Waals surface area contributed by atoms with Gasteiger partial charge in [0.15, 0.2) is 17.3 Å². The maximum absolute atomic E-state index is 11.5. The van der Waals surface area contributed by atoms with E-state index in [0.717, 1.165) is 29.4 Å². The van der Waals surface area contributed by atoms with Gasteiger partial charge < -0.3 is 15.5 Å². The van der Waals surface area contributed by atoms with Crippen molar-refractivity contribution >= 4 is 21.7 Å². The second-order valence-corrected chi connectivity index (χ2v) is 6.71. The highest BCUT2D eigenvalue weighted by Crippen LogP contribution is 2.36. The number of fused-ring (bicyclic) bond motifs is 1. The van der Waals surface area contributed by atoms with Crippen LogP contribution in [0.2, 0.25) is 0 Å². The van der Waals surface area contributed by atoms with Crippen LogP contribution in [-0.4, -0.2) is 28.6 Å². The number of benzene rings is 1. The number of hydrogen-bond acceptors (Lipinski definition) is 4. The van der Waals surface area contributed by atoms with E-state index in [1.807, 2.05) is 6.08 Å². The maximum Gasteiger partial charge on any atom is 0.158 e. The lowest BCUT2D eigenvalue weighted by molar-refractivity contribution is -0.116. The lowest BCUT2D eigenvalue weighted by atomic mass is 9.73. The SMILES string of the molecule is O=C1C=CC2C(CCNC2Cc2cc(O)c(O)cc2Br)C1. The standard InChI is InChI=1S/C16H18BrNO3/c17-13-8-16(21)15(20)7-10(13)6-14-12-2-1-11(19)5-9(12)3-4-18-14/h1-2,7-9,12,14,18,20-21H,3-6H2. The summed E-state index contributed by atoms with van der Waals surface area (Å²) in [6.45, 7) is 0.911. The molecule has 1 heterocycles. The Hall–Kier alpha value is -1.33. The quantitative estimate of drug-likeness (QED) is 0.716. The van der Waals surface area contributed by atoms with Crippen LogP contribution >= 0.6 is 15.9 Å². The number of aromatic hydroxyl groups is 2. The topological polar surface area (TPSA) is 69.6 Å². The number of phenols is 2. The normalized spacial score (nSPS) is 28.4. The number of ketones is 1. The molecule has 1 fully saturated rings. The molecule has 1 aliphatic carbocycles. The first-order valence-electron chi connectivity index (χ1n) is 7.19. The predicted octanol–water partition coefficient (Wildman–Crippen LogP) is 2.53. The average Bonchev–Trinajstić information content (AvgIpc) is 2.44. The molecule has 21 heavy (non-hydrogen) atoms. The Morgan fingerprint density at radius 3 is 2.86 bits per heavy atom. The highest BCUT2D eigenvalue weighted by atomic mass is 79.9. The van der Waals surface area contributed by atoms with Gasteiger partial charge in [0.25, 0.3) is 0 Å². The third-order valence-corrected chi connectivity index (χ3v) is 5.22. The fraction of sp³-hybridized carbons (Fsp3) is 0.438. The number of carbonyl (C=O) groups excluding carboxylic acids is 1. The summed E-state index contributed by atoms with van der Waals surface area (Å²) in [5.74, 6) is 0.760. The van der Waals surface area contributed by atoms with Crippen molar-refractivity contribution in [3.05, 3.63) is 34.3 Å². The molecule has 2 aliphatic rings. The molecule has 3 unspecified atom stereocenters. The molecule has 0 spiro atoms. The smallest absolute Gasteiger partial charge is 0.158 e. The largest absolute Gasteiger partial charge is 0.504 e. The number of nitrogens with one attached hydrogen (secondary N) is 1. The van der Waals surface area contributed by atoms with E-state index in [-0.39, 0.29) is 23.3 Å². The number of hydrogen-bond donors (Lipinski definition) is 3. The third kappa shape index (κ3) is 2.99. The van der Waals surface area contributed by atoms with Crippen LogP contribution in [0.3, 0.4) is 0 Å². The van der Waals surface area contributed by atoms with Crippen molar-refractivity contribution < 1.29 is 15.0 Å². The average molecular weight is 352 g/mol. The molecule has 0 aromatic heterocycles. The van der Waals surface area contributed by atoms with Gasteiger partial charge in [0.1, 0.15) is 0 Å². The molecular weight excluding hydrogens is 334 g/mol. The molecule has 5 heteroatoms. The molecule has 0 radical (unpaired) electrons. The molecule has 3 rings (SSSR count). The second-order valence-electron chi connectivity index (χ2n) is 5.85. The van der Waals surface area contributed by atoms with Gasteiger partial charge in [0.05, 0.1) is 0 Å². The second kappa shape index (κ2) is 5.81. The summed E-state index contributed by atoms with van der Waals surface area (Å²) in [4.78, 5) is 11.5. The summed E-state index contributed by atoms with van der Waals surface area (Å²) in [6.07, 6.45) is 6.14. The first-order chi connectivity index (χ1) is 10.0. The van der Waals surface area contributed by atoms with Crippen LogP contribution in [0.5, 0.6) is 11.5 Å². The van der Waals surface area contributed by atoms with Crippen LogP contribution in [0.25, 0.3) is 0 Å². The van der Waals surface area contributed by atoms with E-state index in [4.69, 9.17) is 0 Å². The summed E-state index contributed by atoms with van der Waals surface area (Å²) in [7, 11) is 0. The summed E-state index contributed by atoms with van der Waals surface area (Å²) in [5.41, 5.74) is 0.953. The van der Waals surface area contributed by atoms with E-state index < -0.39 is 0 Å². The Labute approximate surface area is 132 Å². The summed E-state index contributed by atoms with van der Waals surface area (Å²) < 4.78 is 0.789. The minimum Gasteiger partial charge on any atom is -0.504 e. The maximum atomic E-state index is 11.5. The van der Waals surface area contributed by atoms with Crippen LogP contribution in [0.15, 0.2) is 28.8 Å². The molecule has 1 saturated heterocycles. The minimum absolute atomic E-state index is 0.102. The van der Waals surface area contributed by atoms with Crippen molar-refractivity contribution in [3.8, 4) is 11.5 Å². The number of phenolic OH excluding ortho intramolecular Hbond substituents is 2. The molecule has 0 saturated carbocycles. The molecule has 1 aliphatic heterocycles. The third-order valence-electron chi connectivity index (χ3n) is 4.48. The van der Waals surface area contributed by atoms with Crippen LogP contribution < -0.4 is 5.32 Å². The zero-order chi connectivity index (χ0) is 15.0. The van der Waals surface area contributed by atoms with Gasteiger partial charge in [-0.15, -0.1) is 0 Å². The fourth-order valence-corrected chi connectivity index (χ4v) is 3.87. The van der Waals surface area contributed by atoms with Crippen molar-refractivity contribution in [2.45, 2.75) is 25.3 Å². The monoisotopic (exact) mass is 351 g/mol. The molecule has 112 valence electrons. The summed E-state index contributed by atoms with van der Waals surface area (Å²) in [5, 5.41) is 22.7. The Morgan fingerprint density at radius 1 is 1.29 bits per heavy atom. The molecule has 4 nitrogen and oxygen atoms in total. The van der Waals surface area contributed by atoms with Gasteiger partial charge >= 0.3 is 0 Å². The van der Waals surface area contributed by atoms with Crippen LogP contribution in [-0.2, 0) is 11.2 Å². The molecule has 1 aromatic rings. The molecule has 3 N–H and O–H groups in total. The Kier molecular flexibility index (Phi) is 4.04. The first-order valence-corrected chi connectivity index (χ1v) is 7.98.